The molecule has 1 heterocycles. The highest BCUT2D eigenvalue weighted by atomic mass is 35.5. The van der Waals surface area contributed by atoms with E-state index in [0.717, 1.165) is 36.5 Å². The number of halogens is 3. The first kappa shape index (κ1) is 20.9. The van der Waals surface area contributed by atoms with Crippen LogP contribution >= 0.6 is 47.4 Å². The van der Waals surface area contributed by atoms with Gasteiger partial charge in [-0.25, -0.2) is 0 Å². The van der Waals surface area contributed by atoms with Crippen LogP contribution in [-0.2, 0) is 10.5 Å². The Bertz CT molecular complexity index is 516. The Balaban J connectivity index is 0.00000264. The number of carbonyl (C=O) groups is 1. The van der Waals surface area contributed by atoms with Gasteiger partial charge in [0.15, 0.2) is 0 Å². The second kappa shape index (κ2) is 10.7. The minimum Gasteiger partial charge on any atom is -0.355 e. The summed E-state index contributed by atoms with van der Waals surface area (Å²) in [7, 11) is 0. The molecule has 0 aliphatic carbocycles. The number of piperidine rings is 1. The van der Waals surface area contributed by atoms with Gasteiger partial charge in [0.25, 0.3) is 0 Å². The molecule has 1 amide bonds. The van der Waals surface area contributed by atoms with Crippen molar-refractivity contribution >= 4 is 53.3 Å². The summed E-state index contributed by atoms with van der Waals surface area (Å²) in [6, 6.07) is 6.00. The predicted octanol–water partition coefficient (Wildman–Crippen LogP) is 4.15. The molecular weight excluding hydrogens is 375 g/mol. The van der Waals surface area contributed by atoms with Gasteiger partial charge in [-0.2, -0.15) is 11.8 Å². The van der Waals surface area contributed by atoms with E-state index in [-0.39, 0.29) is 24.2 Å². The van der Waals surface area contributed by atoms with E-state index in [4.69, 9.17) is 23.2 Å². The van der Waals surface area contributed by atoms with Crippen molar-refractivity contribution < 1.29 is 4.79 Å². The van der Waals surface area contributed by atoms with Gasteiger partial charge in [-0.3, -0.25) is 4.79 Å². The van der Waals surface area contributed by atoms with E-state index in [9.17, 15) is 4.79 Å². The van der Waals surface area contributed by atoms with E-state index in [2.05, 4.69) is 17.6 Å². The highest BCUT2D eigenvalue weighted by molar-refractivity contribution is 7.98. The van der Waals surface area contributed by atoms with Crippen LogP contribution in [0, 0.1) is 5.92 Å². The van der Waals surface area contributed by atoms with Crippen LogP contribution in [0.4, 0.5) is 0 Å². The molecule has 2 atom stereocenters. The largest absolute Gasteiger partial charge is 0.355 e. The summed E-state index contributed by atoms with van der Waals surface area (Å²) in [5.41, 5.74) is 1.08. The monoisotopic (exact) mass is 396 g/mol. The number of nitrogens with one attached hydrogen (secondary N) is 2. The lowest BCUT2D eigenvalue weighted by Crippen LogP contribution is -2.42. The molecule has 1 saturated heterocycles. The normalized spacial score (nSPS) is 20.7. The fraction of sp³-hybridized carbons (Fsp3) is 0.562. The van der Waals surface area contributed by atoms with Gasteiger partial charge in [-0.15, -0.1) is 12.4 Å². The second-order valence-corrected chi connectivity index (χ2v) is 7.60. The summed E-state index contributed by atoms with van der Waals surface area (Å²) in [6.45, 7) is 3.77. The average molecular weight is 398 g/mol. The predicted molar refractivity (Wildman–Crippen MR) is 103 cm³/mol. The smallest absolute Gasteiger partial charge is 0.223 e. The zero-order valence-corrected chi connectivity index (χ0v) is 16.3. The average Bonchev–Trinajstić information content (AvgIpc) is 2.48. The van der Waals surface area contributed by atoms with Crippen molar-refractivity contribution in [1.29, 1.82) is 0 Å². The molecular formula is C16H23Cl3N2OS. The van der Waals surface area contributed by atoms with Crippen LogP contribution < -0.4 is 10.6 Å². The number of rotatable bonds is 6. The molecule has 0 bridgehead atoms. The topological polar surface area (TPSA) is 41.1 Å². The summed E-state index contributed by atoms with van der Waals surface area (Å²) in [4.78, 5) is 12.1. The molecule has 2 rings (SSSR count). The summed E-state index contributed by atoms with van der Waals surface area (Å²) >= 11 is 13.8. The molecule has 3 nitrogen and oxygen atoms in total. The lowest BCUT2D eigenvalue weighted by atomic mass is 9.92. The van der Waals surface area contributed by atoms with Crippen molar-refractivity contribution in [2.24, 2.45) is 5.92 Å². The lowest BCUT2D eigenvalue weighted by molar-refractivity contribution is -0.125. The first-order chi connectivity index (χ1) is 10.6. The fourth-order valence-corrected chi connectivity index (χ4v) is 4.00. The van der Waals surface area contributed by atoms with Gasteiger partial charge < -0.3 is 10.6 Å². The highest BCUT2D eigenvalue weighted by Gasteiger charge is 2.24. The molecule has 23 heavy (non-hydrogen) atoms. The van der Waals surface area contributed by atoms with E-state index in [0.29, 0.717) is 22.6 Å². The molecule has 2 N–H and O–H groups in total. The van der Waals surface area contributed by atoms with E-state index < -0.39 is 0 Å². The maximum absolute atomic E-state index is 12.1. The van der Waals surface area contributed by atoms with Crippen molar-refractivity contribution in [3.8, 4) is 0 Å². The molecule has 1 aliphatic heterocycles. The molecule has 0 aromatic heterocycles. The SMILES string of the molecule is C[C@H]1C[C@@H](C(=O)NCCSCc2ccc(Cl)cc2Cl)CCN1.Cl. The number of hydrogen-bond acceptors (Lipinski definition) is 3. The Kier molecular flexibility index (Phi) is 9.71. The number of benzene rings is 1. The maximum Gasteiger partial charge on any atom is 0.223 e. The van der Waals surface area contributed by atoms with Crippen LogP contribution in [0.1, 0.15) is 25.3 Å². The fourth-order valence-electron chi connectivity index (χ4n) is 2.58. The zero-order chi connectivity index (χ0) is 15.9. The third kappa shape index (κ3) is 7.10. The third-order valence-corrected chi connectivity index (χ3v) is 5.41. The number of thioether (sulfide) groups is 1. The molecule has 0 saturated carbocycles. The number of carbonyl (C=O) groups excluding carboxylic acids is 1. The van der Waals surface area contributed by atoms with Crippen LogP contribution in [0.25, 0.3) is 0 Å². The Labute approximate surface area is 158 Å². The van der Waals surface area contributed by atoms with Crippen molar-refractivity contribution in [3.63, 3.8) is 0 Å². The number of hydrogen-bond donors (Lipinski definition) is 2. The van der Waals surface area contributed by atoms with E-state index >= 15 is 0 Å². The van der Waals surface area contributed by atoms with Gasteiger partial charge in [0.05, 0.1) is 0 Å². The Hall–Kier alpha value is -0.130. The molecule has 130 valence electrons. The van der Waals surface area contributed by atoms with Crippen LogP contribution in [0.2, 0.25) is 10.0 Å². The first-order valence-corrected chi connectivity index (χ1v) is 9.50. The van der Waals surface area contributed by atoms with E-state index in [1.165, 1.54) is 0 Å². The Morgan fingerprint density at radius 2 is 2.22 bits per heavy atom. The summed E-state index contributed by atoms with van der Waals surface area (Å²) < 4.78 is 0. The molecule has 0 unspecified atom stereocenters. The van der Waals surface area contributed by atoms with Gasteiger partial charge >= 0.3 is 0 Å². The van der Waals surface area contributed by atoms with Crippen molar-refractivity contribution in [3.05, 3.63) is 33.8 Å². The Morgan fingerprint density at radius 3 is 2.91 bits per heavy atom. The first-order valence-electron chi connectivity index (χ1n) is 7.59. The van der Waals surface area contributed by atoms with Gasteiger partial charge in [-0.05, 0) is 44.0 Å². The Morgan fingerprint density at radius 1 is 1.43 bits per heavy atom. The third-order valence-electron chi connectivity index (χ3n) is 3.81. The van der Waals surface area contributed by atoms with Crippen LogP contribution in [0.3, 0.4) is 0 Å². The molecule has 1 fully saturated rings. The maximum atomic E-state index is 12.1. The van der Waals surface area contributed by atoms with E-state index in [1.807, 2.05) is 12.1 Å². The molecule has 0 spiro atoms. The molecule has 1 aromatic carbocycles. The van der Waals surface area contributed by atoms with Crippen molar-refractivity contribution in [2.75, 3.05) is 18.8 Å². The summed E-state index contributed by atoms with van der Waals surface area (Å²) in [5, 5.41) is 7.76. The number of amides is 1. The quantitative estimate of drug-likeness (QED) is 0.708. The van der Waals surface area contributed by atoms with E-state index in [1.54, 1.807) is 17.8 Å². The van der Waals surface area contributed by atoms with Gasteiger partial charge in [0, 0.05) is 40.1 Å². The molecule has 0 radical (unpaired) electrons. The van der Waals surface area contributed by atoms with Crippen molar-refractivity contribution in [2.45, 2.75) is 31.6 Å². The van der Waals surface area contributed by atoms with Crippen molar-refractivity contribution in [1.82, 2.24) is 10.6 Å². The van der Waals surface area contributed by atoms with Gasteiger partial charge in [0.2, 0.25) is 5.91 Å². The summed E-state index contributed by atoms with van der Waals surface area (Å²) in [6.07, 6.45) is 1.86. The lowest BCUT2D eigenvalue weighted by Gasteiger charge is -2.27. The summed E-state index contributed by atoms with van der Waals surface area (Å²) in [5.74, 6) is 2.06. The minimum absolute atomic E-state index is 0. The van der Waals surface area contributed by atoms with Crippen LogP contribution in [-0.4, -0.2) is 30.8 Å². The van der Waals surface area contributed by atoms with Crippen LogP contribution in [0.5, 0.6) is 0 Å². The molecule has 1 aromatic rings. The minimum atomic E-state index is 0. The van der Waals surface area contributed by atoms with Gasteiger partial charge in [-0.1, -0.05) is 29.3 Å². The molecule has 7 heteroatoms. The molecule has 1 aliphatic rings. The standard InChI is InChI=1S/C16H22Cl2N2OS.ClH/c1-11-8-12(4-5-19-11)16(21)20-6-7-22-10-13-2-3-14(17)9-15(13)18;/h2-3,9,11-12,19H,4-8,10H2,1H3,(H,20,21);1H/t11-,12-;/m0./s1. The van der Waals surface area contributed by atoms with Gasteiger partial charge in [0.1, 0.15) is 0 Å². The zero-order valence-electron chi connectivity index (χ0n) is 13.1. The van der Waals surface area contributed by atoms with Crippen LogP contribution in [0.15, 0.2) is 18.2 Å². The highest BCUT2D eigenvalue weighted by Crippen LogP contribution is 2.24. The second-order valence-electron chi connectivity index (χ2n) is 5.66.